The molecule has 0 aromatic carbocycles. The highest BCUT2D eigenvalue weighted by molar-refractivity contribution is 4.76. The van der Waals surface area contributed by atoms with Crippen molar-refractivity contribution in [1.82, 2.24) is 5.32 Å². The van der Waals surface area contributed by atoms with Crippen LogP contribution in [0.1, 0.15) is 58.8 Å². The van der Waals surface area contributed by atoms with Crippen LogP contribution in [0.3, 0.4) is 0 Å². The molecule has 0 amide bonds. The first-order valence-electron chi connectivity index (χ1n) is 6.10. The van der Waals surface area contributed by atoms with Crippen LogP contribution in [0.2, 0.25) is 0 Å². The van der Waals surface area contributed by atoms with Gasteiger partial charge in [0, 0.05) is 6.04 Å². The zero-order chi connectivity index (χ0) is 9.52. The second kappa shape index (κ2) is 6.42. The second-order valence-electron chi connectivity index (χ2n) is 4.45. The highest BCUT2D eigenvalue weighted by Crippen LogP contribution is 2.22. The molecule has 2 atom stereocenters. The van der Waals surface area contributed by atoms with Crippen molar-refractivity contribution in [3.05, 3.63) is 0 Å². The Morgan fingerprint density at radius 2 is 2.23 bits per heavy atom. The third kappa shape index (κ3) is 4.12. The SMILES string of the molecule is CCCCC(CC)C[C@@H]1CCCN1. The summed E-state index contributed by atoms with van der Waals surface area (Å²) in [6, 6.07) is 0.849. The Hall–Kier alpha value is -0.0400. The van der Waals surface area contributed by atoms with Crippen molar-refractivity contribution >= 4 is 0 Å². The number of hydrogen-bond acceptors (Lipinski definition) is 1. The number of hydrogen-bond donors (Lipinski definition) is 1. The molecule has 0 aliphatic carbocycles. The summed E-state index contributed by atoms with van der Waals surface area (Å²) in [4.78, 5) is 0. The van der Waals surface area contributed by atoms with Crippen LogP contribution in [-0.4, -0.2) is 12.6 Å². The van der Waals surface area contributed by atoms with Crippen molar-refractivity contribution in [3.8, 4) is 0 Å². The molecule has 78 valence electrons. The van der Waals surface area contributed by atoms with E-state index in [-0.39, 0.29) is 0 Å². The molecule has 0 bridgehead atoms. The van der Waals surface area contributed by atoms with Crippen LogP contribution in [-0.2, 0) is 0 Å². The molecule has 1 rings (SSSR count). The summed E-state index contributed by atoms with van der Waals surface area (Å²) in [6.07, 6.45) is 9.84. The average Bonchev–Trinajstić information content (AvgIpc) is 2.64. The van der Waals surface area contributed by atoms with Crippen molar-refractivity contribution in [3.63, 3.8) is 0 Å². The van der Waals surface area contributed by atoms with Gasteiger partial charge in [0.05, 0.1) is 0 Å². The van der Waals surface area contributed by atoms with E-state index in [1.807, 2.05) is 0 Å². The summed E-state index contributed by atoms with van der Waals surface area (Å²) in [5, 5.41) is 3.60. The van der Waals surface area contributed by atoms with Crippen LogP contribution in [0.4, 0.5) is 0 Å². The van der Waals surface area contributed by atoms with E-state index in [1.165, 1.54) is 51.5 Å². The first kappa shape index (κ1) is 11.0. The molecule has 0 aromatic heterocycles. The molecule has 1 unspecified atom stereocenters. The van der Waals surface area contributed by atoms with E-state index in [9.17, 15) is 0 Å². The normalized spacial score (nSPS) is 24.9. The third-order valence-corrected chi connectivity index (χ3v) is 3.32. The van der Waals surface area contributed by atoms with Crippen molar-refractivity contribution in [2.24, 2.45) is 5.92 Å². The van der Waals surface area contributed by atoms with E-state index in [2.05, 4.69) is 19.2 Å². The monoisotopic (exact) mass is 183 g/mol. The summed E-state index contributed by atoms with van der Waals surface area (Å²) >= 11 is 0. The van der Waals surface area contributed by atoms with E-state index < -0.39 is 0 Å². The van der Waals surface area contributed by atoms with Gasteiger partial charge >= 0.3 is 0 Å². The van der Waals surface area contributed by atoms with Crippen molar-refractivity contribution in [2.75, 3.05) is 6.54 Å². The fourth-order valence-corrected chi connectivity index (χ4v) is 2.34. The van der Waals surface area contributed by atoms with Crippen LogP contribution in [0.25, 0.3) is 0 Å². The second-order valence-corrected chi connectivity index (χ2v) is 4.45. The van der Waals surface area contributed by atoms with Gasteiger partial charge in [0.15, 0.2) is 0 Å². The van der Waals surface area contributed by atoms with Crippen LogP contribution in [0, 0.1) is 5.92 Å². The first-order valence-corrected chi connectivity index (χ1v) is 6.10. The average molecular weight is 183 g/mol. The predicted molar refractivity (Wildman–Crippen MR) is 58.9 cm³/mol. The van der Waals surface area contributed by atoms with E-state index in [0.29, 0.717) is 0 Å². The third-order valence-electron chi connectivity index (χ3n) is 3.32. The molecular formula is C12H25N. The smallest absolute Gasteiger partial charge is 0.00701 e. The lowest BCUT2D eigenvalue weighted by Gasteiger charge is -2.18. The van der Waals surface area contributed by atoms with Crippen molar-refractivity contribution in [1.29, 1.82) is 0 Å². The van der Waals surface area contributed by atoms with Gasteiger partial charge in [-0.15, -0.1) is 0 Å². The van der Waals surface area contributed by atoms with Crippen molar-refractivity contribution < 1.29 is 0 Å². The first-order chi connectivity index (χ1) is 6.36. The van der Waals surface area contributed by atoms with E-state index in [4.69, 9.17) is 0 Å². The van der Waals surface area contributed by atoms with Crippen LogP contribution in [0.15, 0.2) is 0 Å². The Morgan fingerprint density at radius 1 is 1.38 bits per heavy atom. The van der Waals surface area contributed by atoms with Gasteiger partial charge in [-0.05, 0) is 31.7 Å². The molecule has 1 aliphatic heterocycles. The van der Waals surface area contributed by atoms with Gasteiger partial charge in [0.2, 0.25) is 0 Å². The van der Waals surface area contributed by atoms with Crippen LogP contribution in [0.5, 0.6) is 0 Å². The minimum atomic E-state index is 0.849. The fraction of sp³-hybridized carbons (Fsp3) is 1.00. The number of nitrogens with one attached hydrogen (secondary N) is 1. The van der Waals surface area contributed by atoms with Gasteiger partial charge in [0.1, 0.15) is 0 Å². The Kier molecular flexibility index (Phi) is 5.45. The molecule has 1 heteroatoms. The summed E-state index contributed by atoms with van der Waals surface area (Å²) < 4.78 is 0. The highest BCUT2D eigenvalue weighted by atomic mass is 14.9. The maximum absolute atomic E-state index is 3.60. The lowest BCUT2D eigenvalue weighted by atomic mass is 9.91. The fourth-order valence-electron chi connectivity index (χ4n) is 2.34. The van der Waals surface area contributed by atoms with E-state index in [1.54, 1.807) is 0 Å². The number of unbranched alkanes of at least 4 members (excludes halogenated alkanes) is 1. The Bertz CT molecular complexity index is 116. The zero-order valence-corrected chi connectivity index (χ0v) is 9.31. The molecule has 1 saturated heterocycles. The molecule has 1 heterocycles. The van der Waals surface area contributed by atoms with Gasteiger partial charge < -0.3 is 5.32 Å². The van der Waals surface area contributed by atoms with Crippen molar-refractivity contribution in [2.45, 2.75) is 64.8 Å². The highest BCUT2D eigenvalue weighted by Gasteiger charge is 2.17. The molecular weight excluding hydrogens is 158 g/mol. The van der Waals surface area contributed by atoms with Gasteiger partial charge in [-0.1, -0.05) is 39.5 Å². The standard InChI is InChI=1S/C12H25N/c1-3-5-7-11(4-2)10-12-8-6-9-13-12/h11-13H,3-10H2,1-2H3/t11?,12-/m0/s1. The van der Waals surface area contributed by atoms with Gasteiger partial charge in [-0.3, -0.25) is 0 Å². The Balaban J connectivity index is 2.13. The number of rotatable bonds is 6. The summed E-state index contributed by atoms with van der Waals surface area (Å²) in [5.41, 5.74) is 0. The topological polar surface area (TPSA) is 12.0 Å². The molecule has 0 aromatic rings. The molecule has 1 nitrogen and oxygen atoms in total. The molecule has 13 heavy (non-hydrogen) atoms. The maximum atomic E-state index is 3.60. The summed E-state index contributed by atoms with van der Waals surface area (Å²) in [6.45, 7) is 5.89. The molecule has 0 spiro atoms. The van der Waals surface area contributed by atoms with E-state index in [0.717, 1.165) is 12.0 Å². The zero-order valence-electron chi connectivity index (χ0n) is 9.31. The van der Waals surface area contributed by atoms with E-state index >= 15 is 0 Å². The Morgan fingerprint density at radius 3 is 2.77 bits per heavy atom. The Labute approximate surface area is 83.3 Å². The predicted octanol–water partition coefficient (Wildman–Crippen LogP) is 3.34. The largest absolute Gasteiger partial charge is 0.314 e. The van der Waals surface area contributed by atoms with Gasteiger partial charge in [0.25, 0.3) is 0 Å². The summed E-state index contributed by atoms with van der Waals surface area (Å²) in [5.74, 6) is 0.982. The lowest BCUT2D eigenvalue weighted by molar-refractivity contribution is 0.369. The quantitative estimate of drug-likeness (QED) is 0.666. The van der Waals surface area contributed by atoms with Crippen LogP contribution < -0.4 is 5.32 Å². The summed E-state index contributed by atoms with van der Waals surface area (Å²) in [7, 11) is 0. The minimum Gasteiger partial charge on any atom is -0.314 e. The molecule has 1 N–H and O–H groups in total. The molecule has 1 aliphatic rings. The van der Waals surface area contributed by atoms with Gasteiger partial charge in [-0.25, -0.2) is 0 Å². The lowest BCUT2D eigenvalue weighted by Crippen LogP contribution is -2.24. The van der Waals surface area contributed by atoms with Crippen LogP contribution >= 0.6 is 0 Å². The minimum absolute atomic E-state index is 0.849. The maximum Gasteiger partial charge on any atom is 0.00701 e. The molecule has 0 radical (unpaired) electrons. The van der Waals surface area contributed by atoms with Gasteiger partial charge in [-0.2, -0.15) is 0 Å². The molecule has 1 fully saturated rings. The molecule has 0 saturated carbocycles.